The molecule has 6 heteroatoms. The summed E-state index contributed by atoms with van der Waals surface area (Å²) in [4.78, 5) is 13.5. The lowest BCUT2D eigenvalue weighted by Crippen LogP contribution is -2.25. The molecule has 1 aliphatic heterocycles. The van der Waals surface area contributed by atoms with E-state index in [9.17, 15) is 13.2 Å². The van der Waals surface area contributed by atoms with E-state index in [2.05, 4.69) is 10.0 Å². The summed E-state index contributed by atoms with van der Waals surface area (Å²) >= 11 is 0. The summed E-state index contributed by atoms with van der Waals surface area (Å²) < 4.78 is 28.0. The van der Waals surface area contributed by atoms with Gasteiger partial charge in [0.15, 0.2) is 5.78 Å². The van der Waals surface area contributed by atoms with E-state index < -0.39 is 10.0 Å². The van der Waals surface area contributed by atoms with Crippen LogP contribution in [0.25, 0.3) is 0 Å². The normalized spacial score (nSPS) is 13.6. The second kappa shape index (κ2) is 7.58. The minimum atomic E-state index is -3.78. The van der Waals surface area contributed by atoms with Gasteiger partial charge in [0.1, 0.15) is 0 Å². The average molecular weight is 392 g/mol. The average Bonchev–Trinajstić information content (AvgIpc) is 2.73. The van der Waals surface area contributed by atoms with Gasteiger partial charge in [-0.15, -0.1) is 0 Å². The molecule has 28 heavy (non-hydrogen) atoms. The van der Waals surface area contributed by atoms with E-state index >= 15 is 0 Å². The van der Waals surface area contributed by atoms with Crippen LogP contribution in [0.3, 0.4) is 0 Å². The number of benzene rings is 3. The lowest BCUT2D eigenvalue weighted by atomic mass is 9.90. The molecule has 0 atom stereocenters. The molecule has 1 aliphatic rings. The Hall–Kier alpha value is -2.96. The van der Waals surface area contributed by atoms with Gasteiger partial charge in [-0.2, -0.15) is 0 Å². The Balaban J connectivity index is 1.72. The van der Waals surface area contributed by atoms with Crippen LogP contribution in [0.2, 0.25) is 0 Å². The number of carbonyl (C=O) groups excluding carboxylic acids is 1. The third-order valence-corrected chi connectivity index (χ3v) is 6.24. The quantitative estimate of drug-likeness (QED) is 0.653. The Morgan fingerprint density at radius 1 is 0.857 bits per heavy atom. The topological polar surface area (TPSA) is 75.3 Å². The van der Waals surface area contributed by atoms with Gasteiger partial charge in [-0.05, 0) is 48.4 Å². The van der Waals surface area contributed by atoms with Gasteiger partial charge in [0, 0.05) is 17.7 Å². The summed E-state index contributed by atoms with van der Waals surface area (Å²) in [5.74, 6) is -0.176. The zero-order chi connectivity index (χ0) is 19.6. The molecule has 0 spiro atoms. The van der Waals surface area contributed by atoms with Crippen LogP contribution in [0.1, 0.15) is 27.0 Å². The number of fused-ring (bicyclic) bond motifs is 1. The Kier molecular flexibility index (Phi) is 4.98. The largest absolute Gasteiger partial charge is 0.312 e. The molecule has 2 N–H and O–H groups in total. The molecule has 0 saturated carbocycles. The van der Waals surface area contributed by atoms with Gasteiger partial charge >= 0.3 is 0 Å². The molecule has 5 nitrogen and oxygen atoms in total. The molecule has 0 fully saturated rings. The molecule has 0 aliphatic carbocycles. The number of nitrogens with one attached hydrogen (secondary N) is 2. The smallest absolute Gasteiger partial charge is 0.261 e. The van der Waals surface area contributed by atoms with Gasteiger partial charge in [0.25, 0.3) is 10.0 Å². The van der Waals surface area contributed by atoms with Crippen LogP contribution in [-0.4, -0.2) is 20.7 Å². The fourth-order valence-corrected chi connectivity index (χ4v) is 4.56. The second-order valence-corrected chi connectivity index (χ2v) is 8.35. The van der Waals surface area contributed by atoms with Gasteiger partial charge in [-0.3, -0.25) is 9.52 Å². The number of sulfonamides is 1. The number of hydrogen-bond donors (Lipinski definition) is 2. The second-order valence-electron chi connectivity index (χ2n) is 6.66. The number of anilines is 1. The molecule has 1 heterocycles. The van der Waals surface area contributed by atoms with E-state index in [1.165, 1.54) is 12.1 Å². The highest BCUT2D eigenvalue weighted by atomic mass is 32.2. The van der Waals surface area contributed by atoms with E-state index in [1.54, 1.807) is 42.5 Å². The molecule has 3 aromatic rings. The van der Waals surface area contributed by atoms with E-state index in [0.717, 1.165) is 30.6 Å². The molecule has 0 bridgehead atoms. The highest BCUT2D eigenvalue weighted by Crippen LogP contribution is 2.26. The van der Waals surface area contributed by atoms with Crippen molar-refractivity contribution in [2.75, 3.05) is 11.3 Å². The monoisotopic (exact) mass is 392 g/mol. The van der Waals surface area contributed by atoms with Gasteiger partial charge < -0.3 is 5.32 Å². The number of carbonyl (C=O) groups is 1. The Morgan fingerprint density at radius 2 is 1.57 bits per heavy atom. The fourth-order valence-electron chi connectivity index (χ4n) is 3.46. The Labute approximate surface area is 164 Å². The van der Waals surface area contributed by atoms with Crippen molar-refractivity contribution in [2.24, 2.45) is 0 Å². The molecular formula is C22H20N2O3S. The maximum Gasteiger partial charge on any atom is 0.261 e. The minimum Gasteiger partial charge on any atom is -0.312 e. The Bertz CT molecular complexity index is 1130. The number of ketones is 1. The molecular weight excluding hydrogens is 372 g/mol. The minimum absolute atomic E-state index is 0.153. The first kappa shape index (κ1) is 18.4. The third kappa shape index (κ3) is 3.56. The number of para-hydroxylation sites is 1. The van der Waals surface area contributed by atoms with Crippen molar-refractivity contribution in [1.29, 1.82) is 0 Å². The molecule has 4 rings (SSSR count). The standard InChI is InChI=1S/C22H20N2O3S/c25-22(19-11-6-7-16-15-23-14-13-18(16)19)20-10-4-5-12-21(20)24-28(26,27)17-8-2-1-3-9-17/h1-12,23-24H,13-15H2. The zero-order valence-corrected chi connectivity index (χ0v) is 16.0. The van der Waals surface area contributed by atoms with Crippen LogP contribution >= 0.6 is 0 Å². The SMILES string of the molecule is O=C(c1ccccc1NS(=O)(=O)c1ccccc1)c1cccc2c1CCNC2. The van der Waals surface area contributed by atoms with Crippen LogP contribution in [0.15, 0.2) is 77.7 Å². The van der Waals surface area contributed by atoms with Crippen molar-refractivity contribution in [3.63, 3.8) is 0 Å². The summed E-state index contributed by atoms with van der Waals surface area (Å²) in [6.07, 6.45) is 0.773. The molecule has 0 saturated heterocycles. The van der Waals surface area contributed by atoms with Crippen molar-refractivity contribution in [3.05, 3.63) is 95.1 Å². The highest BCUT2D eigenvalue weighted by molar-refractivity contribution is 7.92. The van der Waals surface area contributed by atoms with Crippen LogP contribution in [-0.2, 0) is 23.0 Å². The zero-order valence-electron chi connectivity index (χ0n) is 15.2. The van der Waals surface area contributed by atoms with Crippen molar-refractivity contribution < 1.29 is 13.2 Å². The predicted octanol–water partition coefficient (Wildman–Crippen LogP) is 3.36. The maximum atomic E-state index is 13.3. The molecule has 0 unspecified atom stereocenters. The lowest BCUT2D eigenvalue weighted by Gasteiger charge is -2.20. The first-order valence-corrected chi connectivity index (χ1v) is 10.6. The molecule has 0 radical (unpaired) electrons. The summed E-state index contributed by atoms with van der Waals surface area (Å²) in [5, 5.41) is 3.30. The van der Waals surface area contributed by atoms with Crippen molar-refractivity contribution in [3.8, 4) is 0 Å². The summed E-state index contributed by atoms with van der Waals surface area (Å²) in [6, 6.07) is 20.5. The molecule has 0 aromatic heterocycles. The predicted molar refractivity (Wildman–Crippen MR) is 109 cm³/mol. The third-order valence-electron chi connectivity index (χ3n) is 4.85. The summed E-state index contributed by atoms with van der Waals surface area (Å²) in [6.45, 7) is 1.55. The van der Waals surface area contributed by atoms with Crippen molar-refractivity contribution in [1.82, 2.24) is 5.32 Å². The van der Waals surface area contributed by atoms with E-state index in [-0.39, 0.29) is 16.4 Å². The molecule has 0 amide bonds. The highest BCUT2D eigenvalue weighted by Gasteiger charge is 2.22. The first-order valence-electron chi connectivity index (χ1n) is 9.09. The number of rotatable bonds is 5. The van der Waals surface area contributed by atoms with E-state index in [0.29, 0.717) is 11.1 Å². The summed E-state index contributed by atoms with van der Waals surface area (Å²) in [5.41, 5.74) is 3.40. The van der Waals surface area contributed by atoms with Gasteiger partial charge in [0.2, 0.25) is 0 Å². The van der Waals surface area contributed by atoms with Crippen LogP contribution < -0.4 is 10.0 Å². The van der Waals surface area contributed by atoms with Crippen molar-refractivity contribution >= 4 is 21.5 Å². The van der Waals surface area contributed by atoms with Crippen molar-refractivity contribution in [2.45, 2.75) is 17.9 Å². The first-order chi connectivity index (χ1) is 13.6. The van der Waals surface area contributed by atoms with E-state index in [4.69, 9.17) is 0 Å². The molecule has 142 valence electrons. The number of hydrogen-bond acceptors (Lipinski definition) is 4. The van der Waals surface area contributed by atoms with Crippen LogP contribution in [0.4, 0.5) is 5.69 Å². The fraction of sp³-hybridized carbons (Fsp3) is 0.136. The Morgan fingerprint density at radius 3 is 2.39 bits per heavy atom. The summed E-state index contributed by atoms with van der Waals surface area (Å²) in [7, 11) is -3.78. The lowest BCUT2D eigenvalue weighted by molar-refractivity contribution is 0.103. The molecule has 3 aromatic carbocycles. The van der Waals surface area contributed by atoms with Gasteiger partial charge in [-0.25, -0.2) is 8.42 Å². The van der Waals surface area contributed by atoms with E-state index in [1.807, 2.05) is 18.2 Å². The van der Waals surface area contributed by atoms with Crippen LogP contribution in [0, 0.1) is 0 Å². The van der Waals surface area contributed by atoms with Crippen LogP contribution in [0.5, 0.6) is 0 Å². The van der Waals surface area contributed by atoms with Gasteiger partial charge in [-0.1, -0.05) is 48.5 Å². The van der Waals surface area contributed by atoms with Gasteiger partial charge in [0.05, 0.1) is 10.6 Å². The maximum absolute atomic E-state index is 13.3.